The van der Waals surface area contributed by atoms with Crippen molar-refractivity contribution >= 4 is 0 Å². The Morgan fingerprint density at radius 2 is 2.11 bits per heavy atom. The summed E-state index contributed by atoms with van der Waals surface area (Å²) in [5.74, 6) is 1.13. The first-order valence-corrected chi connectivity index (χ1v) is 6.09. The molecular formula is C13H16FN3O2. The van der Waals surface area contributed by atoms with Crippen LogP contribution < -0.4 is 10.5 Å². The van der Waals surface area contributed by atoms with Gasteiger partial charge in [-0.25, -0.2) is 4.39 Å². The van der Waals surface area contributed by atoms with E-state index < -0.39 is 0 Å². The molecule has 0 amide bonds. The van der Waals surface area contributed by atoms with Crippen LogP contribution in [0.2, 0.25) is 0 Å². The first kappa shape index (κ1) is 13.5. The summed E-state index contributed by atoms with van der Waals surface area (Å²) in [6.07, 6.45) is 0.675. The highest BCUT2D eigenvalue weighted by molar-refractivity contribution is 5.36. The molecule has 102 valence electrons. The molecule has 0 saturated carbocycles. The van der Waals surface area contributed by atoms with Gasteiger partial charge >= 0.3 is 0 Å². The lowest BCUT2D eigenvalue weighted by atomic mass is 10.1. The van der Waals surface area contributed by atoms with Crippen molar-refractivity contribution in [1.82, 2.24) is 10.2 Å². The van der Waals surface area contributed by atoms with Gasteiger partial charge in [0.1, 0.15) is 11.6 Å². The predicted octanol–water partition coefficient (Wildman–Crippen LogP) is 2.37. The normalized spacial score (nSPS) is 12.4. The fourth-order valence-corrected chi connectivity index (χ4v) is 1.64. The second-order valence-electron chi connectivity index (χ2n) is 4.20. The molecule has 1 aromatic heterocycles. The molecule has 2 N–H and O–H groups in total. The molecule has 2 aromatic rings. The van der Waals surface area contributed by atoms with Crippen molar-refractivity contribution in [2.75, 3.05) is 0 Å². The minimum Gasteiger partial charge on any atom is -0.483 e. The van der Waals surface area contributed by atoms with Crippen LogP contribution in [0.5, 0.6) is 5.75 Å². The molecule has 0 bridgehead atoms. The lowest BCUT2D eigenvalue weighted by Crippen LogP contribution is -2.08. The summed E-state index contributed by atoms with van der Waals surface area (Å²) in [6.45, 7) is 3.83. The Bertz CT molecular complexity index is 555. The molecule has 0 unspecified atom stereocenters. The monoisotopic (exact) mass is 265 g/mol. The zero-order valence-corrected chi connectivity index (χ0v) is 10.9. The van der Waals surface area contributed by atoms with Crippen LogP contribution >= 0.6 is 0 Å². The molecule has 6 heteroatoms. The summed E-state index contributed by atoms with van der Waals surface area (Å²) in [6, 6.07) is 3.92. The number of benzene rings is 1. The van der Waals surface area contributed by atoms with Crippen molar-refractivity contribution < 1.29 is 13.5 Å². The highest BCUT2D eigenvalue weighted by Gasteiger charge is 2.11. The van der Waals surface area contributed by atoms with Gasteiger partial charge in [0.2, 0.25) is 5.89 Å². The molecule has 1 atom stereocenters. The van der Waals surface area contributed by atoms with Gasteiger partial charge in [0, 0.05) is 18.0 Å². The van der Waals surface area contributed by atoms with Gasteiger partial charge < -0.3 is 14.9 Å². The van der Waals surface area contributed by atoms with Crippen molar-refractivity contribution in [3.05, 3.63) is 41.4 Å². The highest BCUT2D eigenvalue weighted by Crippen LogP contribution is 2.25. The Labute approximate surface area is 110 Å². The van der Waals surface area contributed by atoms with Gasteiger partial charge in [0.05, 0.1) is 0 Å². The summed E-state index contributed by atoms with van der Waals surface area (Å²) in [4.78, 5) is 0. The van der Waals surface area contributed by atoms with Crippen LogP contribution in [0.3, 0.4) is 0 Å². The van der Waals surface area contributed by atoms with Crippen LogP contribution in [0, 0.1) is 5.82 Å². The highest BCUT2D eigenvalue weighted by atomic mass is 19.1. The van der Waals surface area contributed by atoms with Crippen molar-refractivity contribution in [1.29, 1.82) is 0 Å². The van der Waals surface area contributed by atoms with E-state index in [0.717, 1.165) is 0 Å². The van der Waals surface area contributed by atoms with Crippen molar-refractivity contribution in [2.24, 2.45) is 5.73 Å². The first-order chi connectivity index (χ1) is 9.10. The van der Waals surface area contributed by atoms with Crippen LogP contribution in [0.15, 0.2) is 22.6 Å². The second-order valence-corrected chi connectivity index (χ2v) is 4.20. The van der Waals surface area contributed by atoms with Crippen LogP contribution in [-0.2, 0) is 13.0 Å². The fraction of sp³-hybridized carbons (Fsp3) is 0.385. The molecule has 0 spiro atoms. The van der Waals surface area contributed by atoms with Gasteiger partial charge in [0.25, 0.3) is 5.89 Å². The van der Waals surface area contributed by atoms with E-state index in [0.29, 0.717) is 29.5 Å². The van der Waals surface area contributed by atoms with E-state index >= 15 is 0 Å². The third-order valence-corrected chi connectivity index (χ3v) is 2.62. The maximum absolute atomic E-state index is 13.2. The molecule has 0 radical (unpaired) electrons. The Hall–Kier alpha value is -1.95. The van der Waals surface area contributed by atoms with Gasteiger partial charge in [0.15, 0.2) is 6.61 Å². The topological polar surface area (TPSA) is 74.2 Å². The SMILES string of the molecule is CCc1nnc(COc2ccc(F)cc2[C@@H](C)N)o1. The molecule has 0 fully saturated rings. The number of rotatable bonds is 5. The molecule has 2 rings (SSSR count). The minimum atomic E-state index is -0.342. The molecule has 0 saturated heterocycles. The van der Waals surface area contributed by atoms with Gasteiger partial charge in [-0.3, -0.25) is 0 Å². The first-order valence-electron chi connectivity index (χ1n) is 6.09. The van der Waals surface area contributed by atoms with Crippen molar-refractivity contribution in [3.8, 4) is 5.75 Å². The van der Waals surface area contributed by atoms with Crippen LogP contribution in [0.4, 0.5) is 4.39 Å². The van der Waals surface area contributed by atoms with E-state index in [-0.39, 0.29) is 18.5 Å². The molecule has 1 aromatic carbocycles. The van der Waals surface area contributed by atoms with Gasteiger partial charge in [-0.15, -0.1) is 10.2 Å². The molecule has 0 aliphatic rings. The summed E-state index contributed by atoms with van der Waals surface area (Å²) >= 11 is 0. The number of hydrogen-bond acceptors (Lipinski definition) is 5. The number of aryl methyl sites for hydroxylation is 1. The zero-order valence-electron chi connectivity index (χ0n) is 10.9. The average molecular weight is 265 g/mol. The minimum absolute atomic E-state index is 0.137. The number of nitrogens with two attached hydrogens (primary N) is 1. The lowest BCUT2D eigenvalue weighted by Gasteiger charge is -2.12. The quantitative estimate of drug-likeness (QED) is 0.898. The summed E-state index contributed by atoms with van der Waals surface area (Å²) in [7, 11) is 0. The maximum Gasteiger partial charge on any atom is 0.253 e. The van der Waals surface area contributed by atoms with Crippen molar-refractivity contribution in [3.63, 3.8) is 0 Å². The van der Waals surface area contributed by atoms with Gasteiger partial charge in [-0.05, 0) is 25.1 Å². The Kier molecular flexibility index (Phi) is 4.11. The van der Waals surface area contributed by atoms with E-state index in [1.54, 1.807) is 13.0 Å². The van der Waals surface area contributed by atoms with Gasteiger partial charge in [-0.1, -0.05) is 6.92 Å². The molecule has 5 nitrogen and oxygen atoms in total. The molecule has 0 aliphatic heterocycles. The number of ether oxygens (including phenoxy) is 1. The lowest BCUT2D eigenvalue weighted by molar-refractivity contribution is 0.255. The summed E-state index contributed by atoms with van der Waals surface area (Å²) in [5, 5.41) is 7.68. The molecule has 0 aliphatic carbocycles. The van der Waals surface area contributed by atoms with E-state index in [9.17, 15) is 4.39 Å². The molecule has 19 heavy (non-hydrogen) atoms. The van der Waals surface area contributed by atoms with E-state index in [2.05, 4.69) is 10.2 Å². The van der Waals surface area contributed by atoms with E-state index in [1.165, 1.54) is 12.1 Å². The standard InChI is InChI=1S/C13H16FN3O2/c1-3-12-16-17-13(19-12)7-18-11-5-4-9(14)6-10(11)8(2)15/h4-6,8H,3,7,15H2,1-2H3/t8-/m1/s1. The van der Waals surface area contributed by atoms with Gasteiger partial charge in [-0.2, -0.15) is 0 Å². The third kappa shape index (κ3) is 3.29. The van der Waals surface area contributed by atoms with E-state index in [4.69, 9.17) is 14.9 Å². The maximum atomic E-state index is 13.2. The third-order valence-electron chi connectivity index (χ3n) is 2.62. The van der Waals surface area contributed by atoms with Crippen LogP contribution in [-0.4, -0.2) is 10.2 Å². The molecule has 1 heterocycles. The van der Waals surface area contributed by atoms with Crippen LogP contribution in [0.1, 0.15) is 37.2 Å². The number of nitrogens with zero attached hydrogens (tertiary/aromatic N) is 2. The largest absolute Gasteiger partial charge is 0.483 e. The Morgan fingerprint density at radius 1 is 1.37 bits per heavy atom. The van der Waals surface area contributed by atoms with Crippen LogP contribution in [0.25, 0.3) is 0 Å². The Balaban J connectivity index is 2.10. The van der Waals surface area contributed by atoms with E-state index in [1.807, 2.05) is 6.92 Å². The zero-order chi connectivity index (χ0) is 13.8. The summed E-state index contributed by atoms with van der Waals surface area (Å²) in [5.41, 5.74) is 6.39. The smallest absolute Gasteiger partial charge is 0.253 e. The summed E-state index contributed by atoms with van der Waals surface area (Å²) < 4.78 is 24.0. The van der Waals surface area contributed by atoms with Crippen molar-refractivity contribution in [2.45, 2.75) is 32.9 Å². The Morgan fingerprint density at radius 3 is 2.74 bits per heavy atom. The number of hydrogen-bond donors (Lipinski definition) is 1. The second kappa shape index (κ2) is 5.79. The number of halogens is 1. The number of aromatic nitrogens is 2. The molecular weight excluding hydrogens is 249 g/mol. The average Bonchev–Trinajstić information content (AvgIpc) is 2.85. The predicted molar refractivity (Wildman–Crippen MR) is 67.0 cm³/mol. The fourth-order valence-electron chi connectivity index (χ4n) is 1.64.